The fraction of sp³-hybridized carbons (Fsp3) is 0.615. The van der Waals surface area contributed by atoms with Gasteiger partial charge >= 0.3 is 5.97 Å². The van der Waals surface area contributed by atoms with E-state index in [9.17, 15) is 13.2 Å². The third kappa shape index (κ3) is 3.83. The number of primary sulfonamides is 1. The molecule has 6 nitrogen and oxygen atoms in total. The van der Waals surface area contributed by atoms with Gasteiger partial charge in [-0.05, 0) is 24.8 Å². The molecule has 1 fully saturated rings. The molecule has 0 unspecified atom stereocenters. The standard InChI is InChI=1S/C13H20N2O4S/c1-2-6-15-9-11(20(14,17)18)8-12(15)13(16)19-7-5-10-3-4-10/h8-10H,2-7H2,1H3,(H2,14,17,18). The molecule has 0 radical (unpaired) electrons. The zero-order valence-corrected chi connectivity index (χ0v) is 12.4. The van der Waals surface area contributed by atoms with E-state index < -0.39 is 16.0 Å². The Morgan fingerprint density at radius 1 is 1.50 bits per heavy atom. The summed E-state index contributed by atoms with van der Waals surface area (Å²) in [4.78, 5) is 11.9. The Kier molecular flexibility index (Phi) is 4.49. The highest BCUT2D eigenvalue weighted by Gasteiger charge is 2.23. The fourth-order valence-electron chi connectivity index (χ4n) is 2.03. The zero-order valence-electron chi connectivity index (χ0n) is 11.5. The third-order valence-electron chi connectivity index (χ3n) is 3.33. The SMILES string of the molecule is CCCn1cc(S(N)(=O)=O)cc1C(=O)OCCC1CC1. The Hall–Kier alpha value is -1.34. The molecule has 0 aromatic carbocycles. The Morgan fingerprint density at radius 2 is 2.20 bits per heavy atom. The topological polar surface area (TPSA) is 91.4 Å². The van der Waals surface area contributed by atoms with Crippen molar-refractivity contribution in [1.82, 2.24) is 4.57 Å². The third-order valence-corrected chi connectivity index (χ3v) is 4.21. The second-order valence-corrected chi connectivity index (χ2v) is 6.73. The van der Waals surface area contributed by atoms with Crippen LogP contribution >= 0.6 is 0 Å². The normalized spacial score (nSPS) is 15.3. The molecule has 2 rings (SSSR count). The van der Waals surface area contributed by atoms with Crippen LogP contribution in [0.25, 0.3) is 0 Å². The highest BCUT2D eigenvalue weighted by molar-refractivity contribution is 7.89. The van der Waals surface area contributed by atoms with Crippen molar-refractivity contribution in [3.8, 4) is 0 Å². The average molecular weight is 300 g/mol. The van der Waals surface area contributed by atoms with Crippen molar-refractivity contribution < 1.29 is 17.9 Å². The molecule has 1 heterocycles. The molecule has 0 spiro atoms. The van der Waals surface area contributed by atoms with Crippen LogP contribution in [0.2, 0.25) is 0 Å². The largest absolute Gasteiger partial charge is 0.461 e. The van der Waals surface area contributed by atoms with Gasteiger partial charge in [0.1, 0.15) is 10.6 Å². The summed E-state index contributed by atoms with van der Waals surface area (Å²) in [7, 11) is -3.81. The van der Waals surface area contributed by atoms with Gasteiger partial charge in [-0.15, -0.1) is 0 Å². The maximum Gasteiger partial charge on any atom is 0.354 e. The molecule has 0 aliphatic heterocycles. The molecule has 1 aromatic heterocycles. The smallest absolute Gasteiger partial charge is 0.354 e. The fourth-order valence-corrected chi connectivity index (χ4v) is 2.58. The zero-order chi connectivity index (χ0) is 14.8. The summed E-state index contributed by atoms with van der Waals surface area (Å²) < 4.78 is 29.5. The first-order valence-electron chi connectivity index (χ1n) is 6.82. The van der Waals surface area contributed by atoms with Gasteiger partial charge in [-0.1, -0.05) is 19.8 Å². The first-order chi connectivity index (χ1) is 9.41. The Labute approximate surface area is 119 Å². The summed E-state index contributed by atoms with van der Waals surface area (Å²) in [6.07, 6.45) is 5.46. The van der Waals surface area contributed by atoms with Crippen LogP contribution < -0.4 is 5.14 Å². The van der Waals surface area contributed by atoms with E-state index in [2.05, 4.69) is 0 Å². The Morgan fingerprint density at radius 3 is 2.75 bits per heavy atom. The number of carbonyl (C=O) groups excluding carboxylic acids is 1. The van der Waals surface area contributed by atoms with Gasteiger partial charge in [0.05, 0.1) is 6.61 Å². The van der Waals surface area contributed by atoms with Crippen molar-refractivity contribution in [3.05, 3.63) is 18.0 Å². The number of nitrogens with zero attached hydrogens (tertiary/aromatic N) is 1. The summed E-state index contributed by atoms with van der Waals surface area (Å²) in [6, 6.07) is 1.28. The van der Waals surface area contributed by atoms with Crippen LogP contribution in [0.1, 0.15) is 43.1 Å². The number of hydrogen-bond acceptors (Lipinski definition) is 4. The minimum Gasteiger partial charge on any atom is -0.461 e. The number of carbonyl (C=O) groups is 1. The molecule has 1 aliphatic carbocycles. The molecule has 1 aliphatic rings. The van der Waals surface area contributed by atoms with Gasteiger partial charge in [-0.2, -0.15) is 0 Å². The van der Waals surface area contributed by atoms with Crippen molar-refractivity contribution in [2.24, 2.45) is 11.1 Å². The Balaban J connectivity index is 2.10. The first kappa shape index (κ1) is 15.1. The molecule has 112 valence electrons. The van der Waals surface area contributed by atoms with E-state index in [0.29, 0.717) is 19.1 Å². The maximum absolute atomic E-state index is 12.0. The van der Waals surface area contributed by atoms with Crippen LogP contribution in [0.3, 0.4) is 0 Å². The molecular formula is C13H20N2O4S. The van der Waals surface area contributed by atoms with E-state index in [1.165, 1.54) is 25.1 Å². The van der Waals surface area contributed by atoms with Crippen molar-refractivity contribution >= 4 is 16.0 Å². The molecule has 20 heavy (non-hydrogen) atoms. The Bertz CT molecular complexity index is 588. The quantitative estimate of drug-likeness (QED) is 0.772. The second-order valence-electron chi connectivity index (χ2n) is 5.17. The lowest BCUT2D eigenvalue weighted by molar-refractivity contribution is 0.0482. The highest BCUT2D eigenvalue weighted by atomic mass is 32.2. The van der Waals surface area contributed by atoms with Crippen molar-refractivity contribution in [2.45, 2.75) is 44.0 Å². The molecule has 7 heteroatoms. The predicted molar refractivity (Wildman–Crippen MR) is 73.7 cm³/mol. The minimum absolute atomic E-state index is 0.0555. The number of rotatable bonds is 7. The molecule has 0 bridgehead atoms. The number of esters is 1. The maximum atomic E-state index is 12.0. The van der Waals surface area contributed by atoms with Crippen LogP contribution in [-0.4, -0.2) is 25.6 Å². The molecular weight excluding hydrogens is 280 g/mol. The highest BCUT2D eigenvalue weighted by Crippen LogP contribution is 2.32. The van der Waals surface area contributed by atoms with Crippen LogP contribution in [-0.2, 0) is 21.3 Å². The summed E-state index contributed by atoms with van der Waals surface area (Å²) in [5, 5.41) is 5.09. The van der Waals surface area contributed by atoms with Crippen LogP contribution in [0.4, 0.5) is 0 Å². The van der Waals surface area contributed by atoms with Crippen LogP contribution in [0.15, 0.2) is 17.2 Å². The minimum atomic E-state index is -3.81. The van der Waals surface area contributed by atoms with E-state index in [1.54, 1.807) is 4.57 Å². The van der Waals surface area contributed by atoms with Gasteiger partial charge in [-0.25, -0.2) is 18.4 Å². The summed E-state index contributed by atoms with van der Waals surface area (Å²) >= 11 is 0. The number of hydrogen-bond donors (Lipinski definition) is 1. The van der Waals surface area contributed by atoms with Gasteiger partial charge in [0, 0.05) is 12.7 Å². The number of nitrogens with two attached hydrogens (primary N) is 1. The van der Waals surface area contributed by atoms with Crippen LogP contribution in [0.5, 0.6) is 0 Å². The molecule has 0 atom stereocenters. The number of sulfonamides is 1. The van der Waals surface area contributed by atoms with Gasteiger partial charge in [0.25, 0.3) is 0 Å². The van der Waals surface area contributed by atoms with Crippen molar-refractivity contribution in [2.75, 3.05) is 6.61 Å². The molecule has 0 amide bonds. The van der Waals surface area contributed by atoms with Crippen molar-refractivity contribution in [3.63, 3.8) is 0 Å². The van der Waals surface area contributed by atoms with Gasteiger partial charge < -0.3 is 9.30 Å². The number of aromatic nitrogens is 1. The lowest BCUT2D eigenvalue weighted by Crippen LogP contribution is -2.12. The molecule has 2 N–H and O–H groups in total. The molecule has 1 saturated carbocycles. The van der Waals surface area contributed by atoms with E-state index in [0.717, 1.165) is 12.8 Å². The monoisotopic (exact) mass is 300 g/mol. The lowest BCUT2D eigenvalue weighted by Gasteiger charge is -2.07. The summed E-state index contributed by atoms with van der Waals surface area (Å²) in [6.45, 7) is 2.87. The van der Waals surface area contributed by atoms with E-state index in [-0.39, 0.29) is 10.6 Å². The van der Waals surface area contributed by atoms with Crippen molar-refractivity contribution in [1.29, 1.82) is 0 Å². The van der Waals surface area contributed by atoms with Gasteiger partial charge in [-0.3, -0.25) is 0 Å². The number of aryl methyl sites for hydroxylation is 1. The van der Waals surface area contributed by atoms with E-state index in [1.807, 2.05) is 6.92 Å². The second kappa shape index (κ2) is 5.97. The van der Waals surface area contributed by atoms with Gasteiger partial charge in [0.15, 0.2) is 0 Å². The predicted octanol–water partition coefficient (Wildman–Crippen LogP) is 1.50. The number of ether oxygens (including phenoxy) is 1. The molecule has 1 aromatic rings. The summed E-state index contributed by atoms with van der Waals surface area (Å²) in [5.41, 5.74) is 0.242. The van der Waals surface area contributed by atoms with Crippen LogP contribution in [0, 0.1) is 5.92 Å². The van der Waals surface area contributed by atoms with Gasteiger partial charge in [0.2, 0.25) is 10.0 Å². The first-order valence-corrected chi connectivity index (χ1v) is 8.36. The van der Waals surface area contributed by atoms with E-state index in [4.69, 9.17) is 9.88 Å². The average Bonchev–Trinajstić information content (AvgIpc) is 3.06. The summed E-state index contributed by atoms with van der Waals surface area (Å²) in [5.74, 6) is 0.194. The lowest BCUT2D eigenvalue weighted by atomic mass is 10.3. The molecule has 0 saturated heterocycles. The van der Waals surface area contributed by atoms with E-state index >= 15 is 0 Å².